The van der Waals surface area contributed by atoms with E-state index in [1.54, 1.807) is 6.92 Å². The molecule has 0 aliphatic rings. The first-order valence-corrected chi connectivity index (χ1v) is 7.04. The predicted molar refractivity (Wildman–Crippen MR) is 83.6 cm³/mol. The maximum Gasteiger partial charge on any atom is 0.342 e. The van der Waals surface area contributed by atoms with Gasteiger partial charge >= 0.3 is 5.97 Å². The van der Waals surface area contributed by atoms with Gasteiger partial charge in [-0.3, -0.25) is 0 Å². The van der Waals surface area contributed by atoms with Gasteiger partial charge in [0.15, 0.2) is 0 Å². The van der Waals surface area contributed by atoms with Crippen molar-refractivity contribution < 1.29 is 14.1 Å². The number of nitrogen functional groups attached to an aromatic ring is 1. The van der Waals surface area contributed by atoms with Crippen molar-refractivity contribution >= 4 is 22.7 Å². The molecule has 2 heterocycles. The van der Waals surface area contributed by atoms with Gasteiger partial charge in [0.05, 0.1) is 12.3 Å². The Labute approximate surface area is 127 Å². The van der Waals surface area contributed by atoms with E-state index in [9.17, 15) is 4.79 Å². The molecule has 1 aromatic carbocycles. The number of anilines is 1. The monoisotopic (exact) mass is 299 g/mol. The highest BCUT2D eigenvalue weighted by atomic mass is 16.5. The molecule has 3 rings (SSSR count). The zero-order chi connectivity index (χ0) is 15.9. The van der Waals surface area contributed by atoms with Crippen LogP contribution in [0.15, 0.2) is 22.7 Å². The highest BCUT2D eigenvalue weighted by Crippen LogP contribution is 2.32. The second kappa shape index (κ2) is 5.22. The number of rotatable bonds is 3. The fraction of sp³-hybridized carbons (Fsp3) is 0.250. The zero-order valence-corrected chi connectivity index (χ0v) is 12.7. The topological polar surface area (TPSA) is 94.1 Å². The molecule has 22 heavy (non-hydrogen) atoms. The number of nitrogens with two attached hydrogens (primary N) is 1. The number of hydrogen-bond acceptors (Lipinski definition) is 5. The molecule has 3 N–H and O–H groups in total. The van der Waals surface area contributed by atoms with Crippen LogP contribution in [-0.4, -0.2) is 22.7 Å². The van der Waals surface area contributed by atoms with Crippen LogP contribution in [0.2, 0.25) is 0 Å². The Hall–Kier alpha value is -2.76. The van der Waals surface area contributed by atoms with Crippen LogP contribution >= 0.6 is 0 Å². The average Bonchev–Trinajstić information content (AvgIpc) is 2.97. The van der Waals surface area contributed by atoms with Crippen LogP contribution in [0, 0.1) is 13.8 Å². The second-order valence-corrected chi connectivity index (χ2v) is 5.09. The number of H-pyrrole nitrogens is 1. The maximum atomic E-state index is 12.0. The lowest BCUT2D eigenvalue weighted by molar-refractivity contribution is 0.0530. The average molecular weight is 299 g/mol. The number of benzene rings is 1. The first-order valence-electron chi connectivity index (χ1n) is 7.04. The number of aromatic nitrogens is 2. The number of ether oxygens (including phenoxy) is 1. The van der Waals surface area contributed by atoms with Crippen LogP contribution in [0.3, 0.4) is 0 Å². The summed E-state index contributed by atoms with van der Waals surface area (Å²) in [5.74, 6) is 0.641. The molecule has 0 saturated carbocycles. The molecular weight excluding hydrogens is 282 g/mol. The van der Waals surface area contributed by atoms with Gasteiger partial charge in [-0.1, -0.05) is 17.3 Å². The van der Waals surface area contributed by atoms with Gasteiger partial charge < -0.3 is 20.0 Å². The van der Waals surface area contributed by atoms with Crippen LogP contribution in [0.25, 0.3) is 22.0 Å². The van der Waals surface area contributed by atoms with Crippen molar-refractivity contribution in [2.24, 2.45) is 0 Å². The molecule has 2 aromatic heterocycles. The number of esters is 1. The molecule has 0 fully saturated rings. The molecule has 0 unspecified atom stereocenters. The molecule has 0 radical (unpaired) electrons. The SMILES string of the molecule is CCOC(=O)c1c(N)[nH]c2cc(-c3c(C)noc3C)ccc12. The van der Waals surface area contributed by atoms with Gasteiger partial charge in [0, 0.05) is 16.5 Å². The molecule has 0 aliphatic carbocycles. The van der Waals surface area contributed by atoms with Crippen LogP contribution in [0.1, 0.15) is 28.7 Å². The van der Waals surface area contributed by atoms with Gasteiger partial charge in [0.25, 0.3) is 0 Å². The van der Waals surface area contributed by atoms with E-state index in [2.05, 4.69) is 10.1 Å². The first-order chi connectivity index (χ1) is 10.5. The Balaban J connectivity index is 2.15. The Kier molecular flexibility index (Phi) is 3.36. The molecule has 3 aromatic rings. The quantitative estimate of drug-likeness (QED) is 0.724. The Morgan fingerprint density at radius 2 is 2.18 bits per heavy atom. The van der Waals surface area contributed by atoms with Gasteiger partial charge in [0.2, 0.25) is 0 Å². The Morgan fingerprint density at radius 1 is 1.41 bits per heavy atom. The van der Waals surface area contributed by atoms with Gasteiger partial charge in [-0.25, -0.2) is 4.79 Å². The minimum Gasteiger partial charge on any atom is -0.462 e. The third-order valence-electron chi connectivity index (χ3n) is 3.63. The number of aryl methyl sites for hydroxylation is 2. The molecule has 114 valence electrons. The van der Waals surface area contributed by atoms with Crippen molar-refractivity contribution in [2.75, 3.05) is 12.3 Å². The van der Waals surface area contributed by atoms with E-state index in [0.29, 0.717) is 18.0 Å². The van der Waals surface area contributed by atoms with E-state index >= 15 is 0 Å². The molecule has 0 bridgehead atoms. The van der Waals surface area contributed by atoms with E-state index in [0.717, 1.165) is 33.5 Å². The lowest BCUT2D eigenvalue weighted by atomic mass is 10.0. The molecule has 0 aliphatic heterocycles. The van der Waals surface area contributed by atoms with Gasteiger partial charge in [-0.2, -0.15) is 0 Å². The summed E-state index contributed by atoms with van der Waals surface area (Å²) in [6.07, 6.45) is 0. The van der Waals surface area contributed by atoms with Crippen LogP contribution in [-0.2, 0) is 4.74 Å². The van der Waals surface area contributed by atoms with E-state index in [4.69, 9.17) is 15.0 Å². The molecule has 6 heteroatoms. The third-order valence-corrected chi connectivity index (χ3v) is 3.63. The largest absolute Gasteiger partial charge is 0.462 e. The number of nitrogens with zero attached hydrogens (tertiary/aromatic N) is 1. The normalized spacial score (nSPS) is 11.0. The highest BCUT2D eigenvalue weighted by Gasteiger charge is 2.19. The summed E-state index contributed by atoms with van der Waals surface area (Å²) >= 11 is 0. The first kappa shape index (κ1) is 14.2. The number of hydrogen-bond donors (Lipinski definition) is 2. The number of aromatic amines is 1. The molecule has 0 amide bonds. The van der Waals surface area contributed by atoms with Crippen molar-refractivity contribution in [2.45, 2.75) is 20.8 Å². The number of carbonyl (C=O) groups is 1. The lowest BCUT2D eigenvalue weighted by Gasteiger charge is -2.03. The summed E-state index contributed by atoms with van der Waals surface area (Å²) in [6, 6.07) is 5.71. The molecule has 0 spiro atoms. The Bertz CT molecular complexity index is 842. The summed E-state index contributed by atoms with van der Waals surface area (Å²) in [4.78, 5) is 15.0. The minimum absolute atomic E-state index is 0.308. The van der Waals surface area contributed by atoms with Crippen molar-refractivity contribution in [3.8, 4) is 11.1 Å². The van der Waals surface area contributed by atoms with Crippen molar-refractivity contribution in [1.82, 2.24) is 10.1 Å². The van der Waals surface area contributed by atoms with Gasteiger partial charge in [-0.15, -0.1) is 0 Å². The summed E-state index contributed by atoms with van der Waals surface area (Å²) in [6.45, 7) is 5.83. The molecule has 0 atom stereocenters. The van der Waals surface area contributed by atoms with Crippen molar-refractivity contribution in [3.63, 3.8) is 0 Å². The van der Waals surface area contributed by atoms with Crippen molar-refractivity contribution in [1.29, 1.82) is 0 Å². The summed E-state index contributed by atoms with van der Waals surface area (Å²) < 4.78 is 10.3. The van der Waals surface area contributed by atoms with Gasteiger partial charge in [-0.05, 0) is 32.4 Å². The fourth-order valence-corrected chi connectivity index (χ4v) is 2.69. The van der Waals surface area contributed by atoms with E-state index in [1.165, 1.54) is 0 Å². The summed E-state index contributed by atoms with van der Waals surface area (Å²) in [7, 11) is 0. The van der Waals surface area contributed by atoms with E-state index in [-0.39, 0.29) is 0 Å². The Morgan fingerprint density at radius 3 is 2.82 bits per heavy atom. The van der Waals surface area contributed by atoms with Gasteiger partial charge in [0.1, 0.15) is 17.1 Å². The number of nitrogens with one attached hydrogen (secondary N) is 1. The summed E-state index contributed by atoms with van der Waals surface area (Å²) in [5, 5.41) is 4.71. The minimum atomic E-state index is -0.420. The number of carbonyl (C=O) groups excluding carboxylic acids is 1. The molecule has 0 saturated heterocycles. The van der Waals surface area contributed by atoms with E-state index < -0.39 is 5.97 Å². The zero-order valence-electron chi connectivity index (χ0n) is 12.7. The lowest BCUT2D eigenvalue weighted by Crippen LogP contribution is -2.06. The molecule has 6 nitrogen and oxygen atoms in total. The fourth-order valence-electron chi connectivity index (χ4n) is 2.69. The third kappa shape index (κ3) is 2.13. The maximum absolute atomic E-state index is 12.0. The second-order valence-electron chi connectivity index (χ2n) is 5.09. The standard InChI is InChI=1S/C16H17N3O3/c1-4-21-16(20)14-11-6-5-10(7-12(11)18-15(14)17)13-8(2)19-22-9(13)3/h5-7,18H,4,17H2,1-3H3. The molecular formula is C16H17N3O3. The number of fused-ring (bicyclic) bond motifs is 1. The summed E-state index contributed by atoms with van der Waals surface area (Å²) in [5.41, 5.74) is 9.81. The van der Waals surface area contributed by atoms with Crippen LogP contribution in [0.5, 0.6) is 0 Å². The predicted octanol–water partition coefficient (Wildman–Crippen LogP) is 3.20. The highest BCUT2D eigenvalue weighted by molar-refractivity contribution is 6.09. The van der Waals surface area contributed by atoms with E-state index in [1.807, 2.05) is 32.0 Å². The van der Waals surface area contributed by atoms with Crippen LogP contribution in [0.4, 0.5) is 5.82 Å². The van der Waals surface area contributed by atoms with Crippen molar-refractivity contribution in [3.05, 3.63) is 35.2 Å². The van der Waals surface area contributed by atoms with Crippen LogP contribution < -0.4 is 5.73 Å². The smallest absolute Gasteiger partial charge is 0.342 e.